The number of benzene rings is 2. The number of carbonyl (C=O) groups is 1. The molecule has 2 aromatic carbocycles. The van der Waals surface area contributed by atoms with Crippen LogP contribution in [0.3, 0.4) is 0 Å². The lowest BCUT2D eigenvalue weighted by Gasteiger charge is -2.18. The number of nitro groups is 1. The molecule has 0 fully saturated rings. The lowest BCUT2D eigenvalue weighted by Crippen LogP contribution is -2.30. The van der Waals surface area contributed by atoms with Crippen LogP contribution in [0, 0.1) is 10.1 Å². The topological polar surface area (TPSA) is 75.5 Å². The Morgan fingerprint density at radius 1 is 1.17 bits per heavy atom. The molecule has 23 heavy (non-hydrogen) atoms. The first-order valence-corrected chi connectivity index (χ1v) is 8.11. The highest BCUT2D eigenvalue weighted by molar-refractivity contribution is 7.98. The Kier molecular flexibility index (Phi) is 5.59. The Morgan fingerprint density at radius 2 is 1.78 bits per heavy atom. The summed E-state index contributed by atoms with van der Waals surface area (Å²) in [4.78, 5) is 25.0. The van der Waals surface area contributed by atoms with Crippen LogP contribution < -0.4 is 5.32 Å². The van der Waals surface area contributed by atoms with Gasteiger partial charge in [0.25, 0.3) is 5.69 Å². The number of amides is 2. The number of non-ortho nitro benzene ring substituents is 1. The predicted octanol–water partition coefficient (Wildman–Crippen LogP) is 3.98. The number of urea groups is 1. The quantitative estimate of drug-likeness (QED) is 0.511. The van der Waals surface area contributed by atoms with Gasteiger partial charge in [0.05, 0.1) is 4.92 Å². The van der Waals surface area contributed by atoms with Crippen molar-refractivity contribution in [1.82, 2.24) is 4.90 Å². The number of rotatable bonds is 5. The highest BCUT2D eigenvalue weighted by atomic mass is 32.2. The summed E-state index contributed by atoms with van der Waals surface area (Å²) >= 11 is 1.67. The van der Waals surface area contributed by atoms with E-state index in [1.807, 2.05) is 30.5 Å². The molecule has 2 aromatic rings. The van der Waals surface area contributed by atoms with Crippen molar-refractivity contribution < 1.29 is 9.72 Å². The molecule has 0 radical (unpaired) electrons. The van der Waals surface area contributed by atoms with Gasteiger partial charge in [0, 0.05) is 36.3 Å². The van der Waals surface area contributed by atoms with E-state index < -0.39 is 4.92 Å². The fraction of sp³-hybridized carbons (Fsp3) is 0.188. The normalized spacial score (nSPS) is 10.2. The molecule has 0 aliphatic carbocycles. The van der Waals surface area contributed by atoms with E-state index >= 15 is 0 Å². The van der Waals surface area contributed by atoms with Crippen molar-refractivity contribution in [3.8, 4) is 0 Å². The Balaban J connectivity index is 1.94. The second-order valence-electron chi connectivity index (χ2n) is 4.94. The van der Waals surface area contributed by atoms with Crippen LogP contribution in [-0.2, 0) is 6.54 Å². The first-order valence-electron chi connectivity index (χ1n) is 6.89. The molecule has 0 unspecified atom stereocenters. The number of carbonyl (C=O) groups excluding carboxylic acids is 1. The molecular formula is C16H17N3O3S. The van der Waals surface area contributed by atoms with E-state index in [1.165, 1.54) is 29.2 Å². The lowest BCUT2D eigenvalue weighted by molar-refractivity contribution is -0.384. The molecule has 6 nitrogen and oxygen atoms in total. The summed E-state index contributed by atoms with van der Waals surface area (Å²) < 4.78 is 0. The number of nitro benzene ring substituents is 1. The molecule has 7 heteroatoms. The second kappa shape index (κ2) is 7.64. The molecule has 0 aromatic heterocycles. The van der Waals surface area contributed by atoms with Crippen molar-refractivity contribution in [2.45, 2.75) is 11.4 Å². The zero-order valence-corrected chi connectivity index (χ0v) is 13.7. The Labute approximate surface area is 138 Å². The fourth-order valence-electron chi connectivity index (χ4n) is 1.96. The van der Waals surface area contributed by atoms with Crippen molar-refractivity contribution >= 4 is 29.2 Å². The minimum atomic E-state index is -0.476. The minimum absolute atomic E-state index is 0.00904. The monoisotopic (exact) mass is 331 g/mol. The van der Waals surface area contributed by atoms with E-state index in [0.29, 0.717) is 12.2 Å². The van der Waals surface area contributed by atoms with Gasteiger partial charge in [-0.1, -0.05) is 12.1 Å². The zero-order valence-electron chi connectivity index (χ0n) is 12.9. The lowest BCUT2D eigenvalue weighted by atomic mass is 10.2. The van der Waals surface area contributed by atoms with Crippen molar-refractivity contribution in [1.29, 1.82) is 0 Å². The SMILES string of the molecule is CSc1ccc(CN(C)C(=O)Nc2ccc([N+](=O)[O-])cc2)cc1. The number of nitrogens with one attached hydrogen (secondary N) is 1. The molecule has 0 saturated heterocycles. The summed E-state index contributed by atoms with van der Waals surface area (Å²) in [6.45, 7) is 0.480. The Morgan fingerprint density at radius 3 is 2.30 bits per heavy atom. The van der Waals surface area contributed by atoms with Gasteiger partial charge < -0.3 is 10.2 Å². The summed E-state index contributed by atoms with van der Waals surface area (Å²) in [5.41, 5.74) is 1.54. The van der Waals surface area contributed by atoms with E-state index in [-0.39, 0.29) is 11.7 Å². The molecule has 2 amide bonds. The van der Waals surface area contributed by atoms with Gasteiger partial charge in [0.1, 0.15) is 0 Å². The van der Waals surface area contributed by atoms with E-state index in [0.717, 1.165) is 5.56 Å². The van der Waals surface area contributed by atoms with Crippen LogP contribution >= 0.6 is 11.8 Å². The van der Waals surface area contributed by atoms with Crippen LogP contribution in [0.1, 0.15) is 5.56 Å². The van der Waals surface area contributed by atoms with Crippen LogP contribution in [0.2, 0.25) is 0 Å². The maximum atomic E-state index is 12.1. The van der Waals surface area contributed by atoms with Gasteiger partial charge in [-0.2, -0.15) is 0 Å². The molecule has 0 heterocycles. The summed E-state index contributed by atoms with van der Waals surface area (Å²) in [5, 5.41) is 13.3. The minimum Gasteiger partial charge on any atom is -0.323 e. The molecule has 120 valence electrons. The molecule has 0 aliphatic rings. The van der Waals surface area contributed by atoms with Crippen LogP contribution in [0.15, 0.2) is 53.4 Å². The maximum absolute atomic E-state index is 12.1. The molecule has 0 atom stereocenters. The van der Waals surface area contributed by atoms with Crippen molar-refractivity contribution in [3.63, 3.8) is 0 Å². The van der Waals surface area contributed by atoms with Gasteiger partial charge in [-0.3, -0.25) is 10.1 Å². The number of nitrogens with zero attached hydrogens (tertiary/aromatic N) is 2. The van der Waals surface area contributed by atoms with Gasteiger partial charge in [-0.15, -0.1) is 11.8 Å². The molecule has 2 rings (SSSR count). The summed E-state index contributed by atoms with van der Waals surface area (Å²) in [5.74, 6) is 0. The highest BCUT2D eigenvalue weighted by Gasteiger charge is 2.11. The largest absolute Gasteiger partial charge is 0.323 e. The van der Waals surface area contributed by atoms with Crippen LogP contribution in [0.25, 0.3) is 0 Å². The van der Waals surface area contributed by atoms with Crippen LogP contribution in [0.5, 0.6) is 0 Å². The van der Waals surface area contributed by atoms with Gasteiger partial charge in [0.15, 0.2) is 0 Å². The molecule has 0 spiro atoms. The summed E-state index contributed by atoms with van der Waals surface area (Å²) in [7, 11) is 1.70. The smallest absolute Gasteiger partial charge is 0.321 e. The van der Waals surface area contributed by atoms with E-state index in [2.05, 4.69) is 5.32 Å². The number of thioether (sulfide) groups is 1. The third-order valence-electron chi connectivity index (χ3n) is 3.25. The molecule has 0 aliphatic heterocycles. The third kappa shape index (κ3) is 4.72. The highest BCUT2D eigenvalue weighted by Crippen LogP contribution is 2.17. The molecule has 0 saturated carbocycles. The Hall–Kier alpha value is -2.54. The average Bonchev–Trinajstić information content (AvgIpc) is 2.56. The van der Waals surface area contributed by atoms with Gasteiger partial charge in [-0.05, 0) is 36.1 Å². The van der Waals surface area contributed by atoms with E-state index in [4.69, 9.17) is 0 Å². The van der Waals surface area contributed by atoms with E-state index in [1.54, 1.807) is 23.7 Å². The maximum Gasteiger partial charge on any atom is 0.321 e. The van der Waals surface area contributed by atoms with E-state index in [9.17, 15) is 14.9 Å². The number of hydrogen-bond acceptors (Lipinski definition) is 4. The first-order chi connectivity index (χ1) is 11.0. The average molecular weight is 331 g/mol. The van der Waals surface area contributed by atoms with Crippen LogP contribution in [0.4, 0.5) is 16.2 Å². The first kappa shape index (κ1) is 16.8. The zero-order chi connectivity index (χ0) is 16.8. The van der Waals surface area contributed by atoms with Crippen molar-refractivity contribution in [3.05, 3.63) is 64.2 Å². The molecule has 1 N–H and O–H groups in total. The van der Waals surface area contributed by atoms with Gasteiger partial charge in [0.2, 0.25) is 0 Å². The fourth-order valence-corrected chi connectivity index (χ4v) is 2.37. The van der Waals surface area contributed by atoms with Gasteiger partial charge in [-0.25, -0.2) is 4.79 Å². The van der Waals surface area contributed by atoms with Crippen molar-refractivity contribution in [2.24, 2.45) is 0 Å². The van der Waals surface area contributed by atoms with Crippen LogP contribution in [-0.4, -0.2) is 29.2 Å². The standard InChI is InChI=1S/C16H17N3O3S/c1-18(11-12-3-9-15(23-2)10-4-12)16(20)17-13-5-7-14(8-6-13)19(21)22/h3-10H,11H2,1-2H3,(H,17,20). The third-order valence-corrected chi connectivity index (χ3v) is 4.00. The predicted molar refractivity (Wildman–Crippen MR) is 91.8 cm³/mol. The second-order valence-corrected chi connectivity index (χ2v) is 5.82. The summed E-state index contributed by atoms with van der Waals surface area (Å²) in [6.07, 6.45) is 2.01. The van der Waals surface area contributed by atoms with Gasteiger partial charge >= 0.3 is 6.03 Å². The number of hydrogen-bond donors (Lipinski definition) is 1. The molecule has 0 bridgehead atoms. The molecular weight excluding hydrogens is 314 g/mol. The summed E-state index contributed by atoms with van der Waals surface area (Å²) in [6, 6.07) is 13.5. The van der Waals surface area contributed by atoms with Crippen molar-refractivity contribution in [2.75, 3.05) is 18.6 Å². The number of anilines is 1. The Bertz CT molecular complexity index is 687.